The fourth-order valence-corrected chi connectivity index (χ4v) is 2.26. The van der Waals surface area contributed by atoms with Gasteiger partial charge in [0.1, 0.15) is 5.56 Å². The van der Waals surface area contributed by atoms with Crippen LogP contribution in [-0.2, 0) is 10.9 Å². The minimum absolute atomic E-state index is 0.0172. The summed E-state index contributed by atoms with van der Waals surface area (Å²) in [6.07, 6.45) is -1.98. The molecule has 5 nitrogen and oxygen atoms in total. The highest BCUT2D eigenvalue weighted by Crippen LogP contribution is 2.32. The number of aromatic amines is 1. The lowest BCUT2D eigenvalue weighted by Crippen LogP contribution is -2.14. The number of benzene rings is 1. The summed E-state index contributed by atoms with van der Waals surface area (Å²) in [6, 6.07) is 6.80. The first-order valence-electron chi connectivity index (χ1n) is 6.81. The van der Waals surface area contributed by atoms with E-state index >= 15 is 0 Å². The lowest BCUT2D eigenvalue weighted by molar-refractivity contribution is -0.141. The van der Waals surface area contributed by atoms with E-state index in [1.54, 1.807) is 30.5 Å². The minimum Gasteiger partial charge on any atom is -0.462 e. The van der Waals surface area contributed by atoms with Gasteiger partial charge in [-0.05, 0) is 31.2 Å². The maximum absolute atomic E-state index is 13.1. The number of nitrogens with one attached hydrogen (secondary N) is 1. The van der Waals surface area contributed by atoms with E-state index in [0.717, 1.165) is 21.8 Å². The molecule has 0 radical (unpaired) electrons. The molecule has 0 aliphatic carbocycles. The molecular weight excluding hydrogens is 311 g/mol. The number of halogens is 3. The van der Waals surface area contributed by atoms with E-state index < -0.39 is 23.4 Å². The van der Waals surface area contributed by atoms with E-state index in [0.29, 0.717) is 5.69 Å². The van der Waals surface area contributed by atoms with Crippen LogP contribution in [0.2, 0.25) is 0 Å². The van der Waals surface area contributed by atoms with Crippen LogP contribution in [0.3, 0.4) is 0 Å². The van der Waals surface area contributed by atoms with Gasteiger partial charge in [-0.15, -0.1) is 0 Å². The van der Waals surface area contributed by atoms with Gasteiger partial charge >= 0.3 is 12.1 Å². The Labute approximate surface area is 128 Å². The summed E-state index contributed by atoms with van der Waals surface area (Å²) in [5.41, 5.74) is -0.598. The number of hydrogen-bond donors (Lipinski definition) is 1. The van der Waals surface area contributed by atoms with Gasteiger partial charge in [-0.2, -0.15) is 18.3 Å². The zero-order valence-corrected chi connectivity index (χ0v) is 12.0. The summed E-state index contributed by atoms with van der Waals surface area (Å²) in [4.78, 5) is 14.7. The van der Waals surface area contributed by atoms with Crippen LogP contribution in [0.1, 0.15) is 23.0 Å². The van der Waals surface area contributed by atoms with E-state index in [-0.39, 0.29) is 6.61 Å². The van der Waals surface area contributed by atoms with E-state index in [1.165, 1.54) is 6.92 Å². The SMILES string of the molecule is CCOC(=O)c1cn(-c2ccc3[nH]ccc3c2)nc1C(F)(F)F. The largest absolute Gasteiger partial charge is 0.462 e. The van der Waals surface area contributed by atoms with Crippen molar-refractivity contribution in [3.05, 3.63) is 47.9 Å². The number of rotatable bonds is 3. The molecule has 0 saturated carbocycles. The maximum atomic E-state index is 13.1. The third kappa shape index (κ3) is 2.79. The van der Waals surface area contributed by atoms with Gasteiger partial charge in [0.15, 0.2) is 5.69 Å². The number of alkyl halides is 3. The Morgan fingerprint density at radius 1 is 1.35 bits per heavy atom. The Hall–Kier alpha value is -2.77. The van der Waals surface area contributed by atoms with Gasteiger partial charge in [0.2, 0.25) is 0 Å². The van der Waals surface area contributed by atoms with Crippen LogP contribution in [-0.4, -0.2) is 27.3 Å². The van der Waals surface area contributed by atoms with Crippen LogP contribution in [0.4, 0.5) is 13.2 Å². The number of H-pyrrole nitrogens is 1. The van der Waals surface area contributed by atoms with Crippen LogP contribution >= 0.6 is 0 Å². The third-order valence-corrected chi connectivity index (χ3v) is 3.28. The van der Waals surface area contributed by atoms with Crippen molar-refractivity contribution in [3.63, 3.8) is 0 Å². The molecule has 0 amide bonds. The number of fused-ring (bicyclic) bond motifs is 1. The molecule has 8 heteroatoms. The summed E-state index contributed by atoms with van der Waals surface area (Å²) in [5, 5.41) is 4.35. The molecule has 0 fully saturated rings. The Balaban J connectivity index is 2.10. The van der Waals surface area contributed by atoms with Crippen LogP contribution in [0, 0.1) is 0 Å². The number of esters is 1. The molecule has 3 aromatic rings. The fourth-order valence-electron chi connectivity index (χ4n) is 2.26. The van der Waals surface area contributed by atoms with Gasteiger partial charge < -0.3 is 9.72 Å². The lowest BCUT2D eigenvalue weighted by Gasteiger charge is -2.05. The number of carbonyl (C=O) groups excluding carboxylic acids is 1. The first-order chi connectivity index (χ1) is 10.9. The minimum atomic E-state index is -4.74. The monoisotopic (exact) mass is 323 g/mol. The second-order valence-corrected chi connectivity index (χ2v) is 4.80. The molecule has 1 aromatic carbocycles. The van der Waals surface area contributed by atoms with Crippen molar-refractivity contribution in [2.45, 2.75) is 13.1 Å². The van der Waals surface area contributed by atoms with Gasteiger partial charge in [-0.3, -0.25) is 0 Å². The van der Waals surface area contributed by atoms with E-state index in [2.05, 4.69) is 14.8 Å². The van der Waals surface area contributed by atoms with E-state index in [1.807, 2.05) is 0 Å². The fraction of sp³-hybridized carbons (Fsp3) is 0.200. The third-order valence-electron chi connectivity index (χ3n) is 3.28. The Morgan fingerprint density at radius 2 is 2.13 bits per heavy atom. The molecule has 23 heavy (non-hydrogen) atoms. The van der Waals surface area contributed by atoms with Gasteiger partial charge in [0, 0.05) is 23.3 Å². The lowest BCUT2D eigenvalue weighted by atomic mass is 10.2. The zero-order chi connectivity index (χ0) is 16.6. The van der Waals surface area contributed by atoms with E-state index in [9.17, 15) is 18.0 Å². The number of hydrogen-bond acceptors (Lipinski definition) is 3. The average molecular weight is 323 g/mol. The molecule has 120 valence electrons. The van der Waals surface area contributed by atoms with Crippen molar-refractivity contribution in [2.24, 2.45) is 0 Å². The van der Waals surface area contributed by atoms with Crippen molar-refractivity contribution in [3.8, 4) is 5.69 Å². The number of ether oxygens (including phenoxy) is 1. The highest BCUT2D eigenvalue weighted by Gasteiger charge is 2.39. The molecule has 0 atom stereocenters. The predicted octanol–water partition coefficient (Wildman–Crippen LogP) is 3.55. The first-order valence-corrected chi connectivity index (χ1v) is 6.81. The molecular formula is C15H12F3N3O2. The summed E-state index contributed by atoms with van der Waals surface area (Å²) in [6.45, 7) is 1.51. The number of nitrogens with zero attached hydrogens (tertiary/aromatic N) is 2. The first kappa shape index (κ1) is 15.1. The molecule has 1 N–H and O–H groups in total. The van der Waals surface area contributed by atoms with E-state index in [4.69, 9.17) is 0 Å². The Morgan fingerprint density at radius 3 is 2.83 bits per heavy atom. The summed E-state index contributed by atoms with van der Waals surface area (Å²) < 4.78 is 45.0. The van der Waals surface area contributed by atoms with Crippen molar-refractivity contribution < 1.29 is 22.7 Å². The molecule has 0 bridgehead atoms. The summed E-state index contributed by atoms with van der Waals surface area (Å²) >= 11 is 0. The number of aromatic nitrogens is 3. The van der Waals surface area contributed by atoms with Crippen LogP contribution in [0.25, 0.3) is 16.6 Å². The smallest absolute Gasteiger partial charge is 0.436 e. The molecule has 0 aliphatic rings. The van der Waals surface area contributed by atoms with Crippen molar-refractivity contribution in [1.29, 1.82) is 0 Å². The molecule has 0 aliphatic heterocycles. The van der Waals surface area contributed by atoms with Gasteiger partial charge in [-0.1, -0.05) is 0 Å². The molecule has 2 aromatic heterocycles. The van der Waals surface area contributed by atoms with Gasteiger partial charge in [0.25, 0.3) is 0 Å². The topological polar surface area (TPSA) is 59.9 Å². The van der Waals surface area contributed by atoms with Crippen molar-refractivity contribution in [1.82, 2.24) is 14.8 Å². The normalized spacial score (nSPS) is 11.8. The van der Waals surface area contributed by atoms with Gasteiger partial charge in [0.05, 0.1) is 12.3 Å². The highest BCUT2D eigenvalue weighted by atomic mass is 19.4. The van der Waals surface area contributed by atoms with Crippen molar-refractivity contribution >= 4 is 16.9 Å². The quantitative estimate of drug-likeness (QED) is 0.750. The average Bonchev–Trinajstić information content (AvgIpc) is 3.13. The van der Waals surface area contributed by atoms with Crippen LogP contribution in [0.15, 0.2) is 36.7 Å². The van der Waals surface area contributed by atoms with Crippen LogP contribution in [0.5, 0.6) is 0 Å². The Kier molecular flexibility index (Phi) is 3.59. The molecule has 2 heterocycles. The second-order valence-electron chi connectivity index (χ2n) is 4.80. The molecule has 0 unspecified atom stereocenters. The molecule has 0 saturated heterocycles. The van der Waals surface area contributed by atoms with Crippen molar-refractivity contribution in [2.75, 3.05) is 6.61 Å². The molecule has 3 rings (SSSR count). The summed E-state index contributed by atoms with van der Waals surface area (Å²) in [7, 11) is 0. The molecule has 0 spiro atoms. The van der Waals surface area contributed by atoms with Gasteiger partial charge in [-0.25, -0.2) is 9.48 Å². The number of carbonyl (C=O) groups is 1. The predicted molar refractivity (Wildman–Crippen MR) is 76.4 cm³/mol. The highest BCUT2D eigenvalue weighted by molar-refractivity contribution is 5.91. The Bertz CT molecular complexity index is 864. The standard InChI is InChI=1S/C15H12F3N3O2/c1-2-23-14(22)11-8-21(20-13(11)15(16,17)18)10-3-4-12-9(7-10)5-6-19-12/h3-8,19H,2H2,1H3. The summed E-state index contributed by atoms with van der Waals surface area (Å²) in [5.74, 6) is -1.05. The van der Waals surface area contributed by atoms with Crippen LogP contribution < -0.4 is 0 Å². The second kappa shape index (κ2) is 5.45. The zero-order valence-electron chi connectivity index (χ0n) is 12.0. The maximum Gasteiger partial charge on any atom is 0.436 e.